The molecule has 2 N–H and O–H groups in total. The zero-order valence-electron chi connectivity index (χ0n) is 18.9. The number of rotatable bonds is 6. The third kappa shape index (κ3) is 5.22. The lowest BCUT2D eigenvalue weighted by atomic mass is 10.1. The van der Waals surface area contributed by atoms with E-state index in [9.17, 15) is 9.59 Å². The maximum absolute atomic E-state index is 12.8. The van der Waals surface area contributed by atoms with E-state index in [1.807, 2.05) is 72.3 Å². The molecule has 176 valence electrons. The van der Waals surface area contributed by atoms with Crippen LogP contribution in [0.25, 0.3) is 5.82 Å². The fourth-order valence-electron chi connectivity index (χ4n) is 3.95. The van der Waals surface area contributed by atoms with Crippen LogP contribution in [0.3, 0.4) is 0 Å². The highest BCUT2D eigenvalue weighted by Crippen LogP contribution is 2.28. The molecule has 9 nitrogen and oxygen atoms in total. The van der Waals surface area contributed by atoms with Crippen LogP contribution in [0.5, 0.6) is 0 Å². The van der Waals surface area contributed by atoms with Crippen LogP contribution in [0.4, 0.5) is 22.9 Å². The number of nitrogens with zero attached hydrogens (tertiary/aromatic N) is 5. The fourth-order valence-corrected chi connectivity index (χ4v) is 4.34. The molecule has 1 fully saturated rings. The van der Waals surface area contributed by atoms with E-state index in [4.69, 9.17) is 0 Å². The SMILES string of the molecule is Cc1nc(Nc2ccc(NC(=O)[C@H]3CC(=O)N(c4cccc(Br)c4)C3)cc2)cc(-n2ccnc2)n1. The Morgan fingerprint density at radius 1 is 1.09 bits per heavy atom. The van der Waals surface area contributed by atoms with E-state index >= 15 is 0 Å². The Kier molecular flexibility index (Phi) is 6.28. The van der Waals surface area contributed by atoms with Crippen LogP contribution in [-0.2, 0) is 9.59 Å². The summed E-state index contributed by atoms with van der Waals surface area (Å²) in [5, 5.41) is 6.19. The Hall–Kier alpha value is -4.05. The van der Waals surface area contributed by atoms with Crippen molar-refractivity contribution in [3.8, 4) is 5.82 Å². The molecule has 4 aromatic rings. The number of anilines is 4. The topological polar surface area (TPSA) is 105 Å². The highest BCUT2D eigenvalue weighted by Gasteiger charge is 2.35. The predicted octanol–water partition coefficient (Wildman–Crippen LogP) is 4.47. The number of hydrogen-bond acceptors (Lipinski definition) is 6. The van der Waals surface area contributed by atoms with Gasteiger partial charge in [-0.1, -0.05) is 22.0 Å². The number of hydrogen-bond donors (Lipinski definition) is 2. The minimum Gasteiger partial charge on any atom is -0.340 e. The lowest BCUT2D eigenvalue weighted by Crippen LogP contribution is -2.28. The number of aromatic nitrogens is 4. The molecule has 0 bridgehead atoms. The van der Waals surface area contributed by atoms with Crippen molar-refractivity contribution in [2.24, 2.45) is 5.92 Å². The number of carbonyl (C=O) groups is 2. The molecule has 1 aliphatic heterocycles. The summed E-state index contributed by atoms with van der Waals surface area (Å²) < 4.78 is 2.70. The number of benzene rings is 2. The van der Waals surface area contributed by atoms with Crippen LogP contribution in [0, 0.1) is 12.8 Å². The second-order valence-corrected chi connectivity index (χ2v) is 9.12. The molecule has 0 radical (unpaired) electrons. The summed E-state index contributed by atoms with van der Waals surface area (Å²) in [6.07, 6.45) is 5.37. The van der Waals surface area contributed by atoms with Gasteiger partial charge in [-0.05, 0) is 49.4 Å². The Bertz CT molecular complexity index is 1370. The van der Waals surface area contributed by atoms with Crippen LogP contribution < -0.4 is 15.5 Å². The third-order valence-corrected chi connectivity index (χ3v) is 6.13. The first kappa shape index (κ1) is 22.7. The second kappa shape index (κ2) is 9.67. The van der Waals surface area contributed by atoms with E-state index in [0.29, 0.717) is 29.7 Å². The molecule has 1 saturated heterocycles. The summed E-state index contributed by atoms with van der Waals surface area (Å²) in [6.45, 7) is 2.18. The Balaban J connectivity index is 1.22. The smallest absolute Gasteiger partial charge is 0.229 e. The van der Waals surface area contributed by atoms with Crippen molar-refractivity contribution in [2.75, 3.05) is 22.1 Å². The lowest BCUT2D eigenvalue weighted by molar-refractivity contribution is -0.122. The zero-order valence-corrected chi connectivity index (χ0v) is 20.4. The predicted molar refractivity (Wildman–Crippen MR) is 137 cm³/mol. The highest BCUT2D eigenvalue weighted by molar-refractivity contribution is 9.10. The standard InChI is InChI=1S/C25H22BrN7O2/c1-16-28-22(13-23(29-16)32-10-9-27-15-32)30-19-5-7-20(8-6-19)31-25(35)17-11-24(34)33(14-17)21-4-2-3-18(26)12-21/h2-10,12-13,15,17H,11,14H2,1H3,(H,31,35)(H,28,29,30)/t17-/m0/s1. The summed E-state index contributed by atoms with van der Waals surface area (Å²) >= 11 is 3.43. The van der Waals surface area contributed by atoms with Gasteiger partial charge < -0.3 is 15.5 Å². The Morgan fingerprint density at radius 2 is 1.89 bits per heavy atom. The van der Waals surface area contributed by atoms with E-state index in [2.05, 4.69) is 41.5 Å². The molecule has 1 aliphatic rings. The summed E-state index contributed by atoms with van der Waals surface area (Å²) in [5.74, 6) is 1.35. The van der Waals surface area contributed by atoms with Gasteiger partial charge in [-0.3, -0.25) is 14.2 Å². The minimum atomic E-state index is -0.412. The number of imidazole rings is 1. The number of carbonyl (C=O) groups excluding carboxylic acids is 2. The molecule has 2 aromatic carbocycles. The first-order valence-corrected chi connectivity index (χ1v) is 11.8. The van der Waals surface area contributed by atoms with Crippen LogP contribution in [0.2, 0.25) is 0 Å². The van der Waals surface area contributed by atoms with Gasteiger partial charge in [0.25, 0.3) is 0 Å². The third-order valence-electron chi connectivity index (χ3n) is 5.63. The molecule has 5 rings (SSSR count). The van der Waals surface area contributed by atoms with Crippen LogP contribution in [0.15, 0.2) is 77.8 Å². The molecular weight excluding hydrogens is 510 g/mol. The zero-order chi connectivity index (χ0) is 24.4. The quantitative estimate of drug-likeness (QED) is 0.380. The van der Waals surface area contributed by atoms with Crippen molar-refractivity contribution >= 4 is 50.6 Å². The van der Waals surface area contributed by atoms with Crippen molar-refractivity contribution in [2.45, 2.75) is 13.3 Å². The van der Waals surface area contributed by atoms with Gasteiger partial charge in [0, 0.05) is 53.0 Å². The molecule has 35 heavy (non-hydrogen) atoms. The molecule has 2 amide bonds. The second-order valence-electron chi connectivity index (χ2n) is 8.21. The molecule has 2 aromatic heterocycles. The first-order valence-electron chi connectivity index (χ1n) is 11.0. The Morgan fingerprint density at radius 3 is 2.63 bits per heavy atom. The van der Waals surface area contributed by atoms with Gasteiger partial charge in [-0.25, -0.2) is 15.0 Å². The van der Waals surface area contributed by atoms with Gasteiger partial charge in [0.1, 0.15) is 23.8 Å². The molecule has 0 unspecified atom stereocenters. The van der Waals surface area contributed by atoms with E-state index in [0.717, 1.165) is 15.8 Å². The maximum Gasteiger partial charge on any atom is 0.229 e. The first-order chi connectivity index (χ1) is 16.9. The van der Waals surface area contributed by atoms with Crippen molar-refractivity contribution in [1.82, 2.24) is 19.5 Å². The lowest BCUT2D eigenvalue weighted by Gasteiger charge is -2.17. The average molecular weight is 532 g/mol. The summed E-state index contributed by atoms with van der Waals surface area (Å²) in [6, 6.07) is 16.7. The van der Waals surface area contributed by atoms with Gasteiger partial charge in [0.05, 0.1) is 5.92 Å². The van der Waals surface area contributed by atoms with Crippen molar-refractivity contribution in [3.63, 3.8) is 0 Å². The van der Waals surface area contributed by atoms with Gasteiger partial charge in [0.2, 0.25) is 11.8 Å². The highest BCUT2D eigenvalue weighted by atomic mass is 79.9. The maximum atomic E-state index is 12.8. The fraction of sp³-hybridized carbons (Fsp3) is 0.160. The van der Waals surface area contributed by atoms with Gasteiger partial charge >= 0.3 is 0 Å². The summed E-state index contributed by atoms with van der Waals surface area (Å²) in [5.41, 5.74) is 2.26. The van der Waals surface area contributed by atoms with Crippen molar-refractivity contribution < 1.29 is 9.59 Å². The average Bonchev–Trinajstić information content (AvgIpc) is 3.50. The van der Waals surface area contributed by atoms with E-state index in [-0.39, 0.29) is 18.2 Å². The summed E-state index contributed by atoms with van der Waals surface area (Å²) in [7, 11) is 0. The Labute approximate surface area is 210 Å². The van der Waals surface area contributed by atoms with Gasteiger partial charge in [-0.15, -0.1) is 0 Å². The molecule has 10 heteroatoms. The largest absolute Gasteiger partial charge is 0.340 e. The number of amides is 2. The molecule has 0 saturated carbocycles. The molecule has 0 spiro atoms. The molecule has 1 atom stereocenters. The van der Waals surface area contributed by atoms with E-state index < -0.39 is 5.92 Å². The molecule has 0 aliphatic carbocycles. The molecular formula is C25H22BrN7O2. The minimum absolute atomic E-state index is 0.0574. The van der Waals surface area contributed by atoms with Crippen LogP contribution in [-0.4, -0.2) is 37.9 Å². The normalized spacial score (nSPS) is 15.3. The van der Waals surface area contributed by atoms with E-state index in [1.54, 1.807) is 17.4 Å². The van der Waals surface area contributed by atoms with Gasteiger partial charge in [0.15, 0.2) is 0 Å². The van der Waals surface area contributed by atoms with Crippen molar-refractivity contribution in [1.29, 1.82) is 0 Å². The number of aryl methyl sites for hydroxylation is 1. The van der Waals surface area contributed by atoms with Crippen LogP contribution in [0.1, 0.15) is 12.2 Å². The summed E-state index contributed by atoms with van der Waals surface area (Å²) in [4.78, 5) is 39.9. The monoisotopic (exact) mass is 531 g/mol. The van der Waals surface area contributed by atoms with Crippen molar-refractivity contribution in [3.05, 3.63) is 83.6 Å². The number of halogens is 1. The van der Waals surface area contributed by atoms with Crippen LogP contribution >= 0.6 is 15.9 Å². The van der Waals surface area contributed by atoms with Gasteiger partial charge in [-0.2, -0.15) is 0 Å². The molecule has 3 heterocycles. The van der Waals surface area contributed by atoms with E-state index in [1.165, 1.54) is 0 Å². The number of nitrogens with one attached hydrogen (secondary N) is 2.